The number of hydrogen-bond acceptors (Lipinski definition) is 3. The molecule has 0 saturated heterocycles. The molecule has 1 aromatic rings. The first-order valence-electron chi connectivity index (χ1n) is 6.94. The fourth-order valence-corrected chi connectivity index (χ4v) is 1.84. The van der Waals surface area contributed by atoms with Gasteiger partial charge in [0.1, 0.15) is 11.9 Å². The average molecular weight is 264 g/mol. The molecule has 0 aliphatic rings. The number of esters is 1. The second-order valence-corrected chi connectivity index (χ2v) is 4.84. The van der Waals surface area contributed by atoms with Crippen LogP contribution in [0.4, 0.5) is 0 Å². The van der Waals surface area contributed by atoms with Crippen molar-refractivity contribution in [1.29, 1.82) is 0 Å². The first-order chi connectivity index (χ1) is 8.97. The molecule has 0 bridgehead atoms. The first-order valence-corrected chi connectivity index (χ1v) is 6.94. The highest BCUT2D eigenvalue weighted by Gasteiger charge is 2.13. The number of benzene rings is 1. The highest BCUT2D eigenvalue weighted by Crippen LogP contribution is 2.25. The largest absolute Gasteiger partial charge is 0.491 e. The average Bonchev–Trinajstić information content (AvgIpc) is 2.38. The van der Waals surface area contributed by atoms with Gasteiger partial charge in [0.2, 0.25) is 0 Å². The van der Waals surface area contributed by atoms with Crippen molar-refractivity contribution in [1.82, 2.24) is 0 Å². The minimum absolute atomic E-state index is 0.174. The molecule has 0 radical (unpaired) electrons. The SMILES string of the molecule is CCC(=O)OC(C)c1ccc(OC(C)CC)cc1C. The van der Waals surface area contributed by atoms with Crippen LogP contribution in [0.2, 0.25) is 0 Å². The maximum absolute atomic E-state index is 11.3. The predicted octanol–water partition coefficient (Wildman–Crippen LogP) is 4.19. The van der Waals surface area contributed by atoms with Crippen molar-refractivity contribution in [2.75, 3.05) is 0 Å². The summed E-state index contributed by atoms with van der Waals surface area (Å²) in [5.74, 6) is 0.691. The third kappa shape index (κ3) is 4.58. The zero-order valence-electron chi connectivity index (χ0n) is 12.5. The molecule has 3 heteroatoms. The highest BCUT2D eigenvalue weighted by molar-refractivity contribution is 5.69. The maximum atomic E-state index is 11.3. The van der Waals surface area contributed by atoms with Crippen LogP contribution in [-0.4, -0.2) is 12.1 Å². The molecular formula is C16H24O3. The Morgan fingerprint density at radius 3 is 2.47 bits per heavy atom. The molecular weight excluding hydrogens is 240 g/mol. The lowest BCUT2D eigenvalue weighted by Gasteiger charge is -2.18. The summed E-state index contributed by atoms with van der Waals surface area (Å²) in [7, 11) is 0. The van der Waals surface area contributed by atoms with E-state index in [4.69, 9.17) is 9.47 Å². The summed E-state index contributed by atoms with van der Waals surface area (Å²) in [6.45, 7) is 9.85. The van der Waals surface area contributed by atoms with Gasteiger partial charge >= 0.3 is 5.97 Å². The lowest BCUT2D eigenvalue weighted by atomic mass is 10.0. The van der Waals surface area contributed by atoms with Gasteiger partial charge in [-0.3, -0.25) is 4.79 Å². The van der Waals surface area contributed by atoms with E-state index >= 15 is 0 Å². The Labute approximate surface area is 115 Å². The van der Waals surface area contributed by atoms with Crippen LogP contribution in [0.25, 0.3) is 0 Å². The molecule has 2 atom stereocenters. The lowest BCUT2D eigenvalue weighted by Crippen LogP contribution is -2.11. The van der Waals surface area contributed by atoms with Crippen LogP contribution in [-0.2, 0) is 9.53 Å². The molecule has 0 amide bonds. The Hall–Kier alpha value is -1.51. The van der Waals surface area contributed by atoms with Crippen molar-refractivity contribution < 1.29 is 14.3 Å². The van der Waals surface area contributed by atoms with Gasteiger partial charge in [-0.1, -0.05) is 19.9 Å². The number of rotatable bonds is 6. The third-order valence-corrected chi connectivity index (χ3v) is 3.19. The Balaban J connectivity index is 2.79. The van der Waals surface area contributed by atoms with E-state index in [0.29, 0.717) is 6.42 Å². The molecule has 106 valence electrons. The molecule has 1 aromatic carbocycles. The summed E-state index contributed by atoms with van der Waals surface area (Å²) < 4.78 is 11.1. The van der Waals surface area contributed by atoms with Crippen LogP contribution in [0.1, 0.15) is 57.8 Å². The second-order valence-electron chi connectivity index (χ2n) is 4.84. The van der Waals surface area contributed by atoms with E-state index in [9.17, 15) is 4.79 Å². The number of carbonyl (C=O) groups excluding carboxylic acids is 1. The zero-order valence-corrected chi connectivity index (χ0v) is 12.5. The van der Waals surface area contributed by atoms with Crippen molar-refractivity contribution in [3.63, 3.8) is 0 Å². The molecule has 0 fully saturated rings. The molecule has 1 rings (SSSR count). The van der Waals surface area contributed by atoms with Gasteiger partial charge < -0.3 is 9.47 Å². The molecule has 0 spiro atoms. The Bertz CT molecular complexity index is 426. The van der Waals surface area contributed by atoms with Gasteiger partial charge in [-0.05, 0) is 50.5 Å². The van der Waals surface area contributed by atoms with Gasteiger partial charge in [0.15, 0.2) is 0 Å². The van der Waals surface area contributed by atoms with E-state index in [1.807, 2.05) is 32.0 Å². The molecule has 0 N–H and O–H groups in total. The van der Waals surface area contributed by atoms with Crippen molar-refractivity contribution in [3.8, 4) is 5.75 Å². The van der Waals surface area contributed by atoms with Gasteiger partial charge in [-0.15, -0.1) is 0 Å². The van der Waals surface area contributed by atoms with Gasteiger partial charge in [-0.25, -0.2) is 0 Å². The summed E-state index contributed by atoms with van der Waals surface area (Å²) in [5, 5.41) is 0. The smallest absolute Gasteiger partial charge is 0.306 e. The van der Waals surface area contributed by atoms with Crippen LogP contribution in [0.15, 0.2) is 18.2 Å². The van der Waals surface area contributed by atoms with E-state index in [2.05, 4.69) is 13.8 Å². The fourth-order valence-electron chi connectivity index (χ4n) is 1.84. The molecule has 0 aliphatic carbocycles. The normalized spacial score (nSPS) is 13.7. The van der Waals surface area contributed by atoms with Crippen molar-refractivity contribution in [2.45, 2.75) is 59.7 Å². The van der Waals surface area contributed by atoms with Gasteiger partial charge in [0.05, 0.1) is 6.10 Å². The van der Waals surface area contributed by atoms with E-state index in [1.54, 1.807) is 6.92 Å². The molecule has 0 saturated carbocycles. The monoisotopic (exact) mass is 264 g/mol. The molecule has 3 nitrogen and oxygen atoms in total. The predicted molar refractivity (Wildman–Crippen MR) is 76.4 cm³/mol. The Morgan fingerprint density at radius 2 is 1.95 bits per heavy atom. The second kappa shape index (κ2) is 7.17. The first kappa shape index (κ1) is 15.5. The Kier molecular flexibility index (Phi) is 5.87. The number of aryl methyl sites for hydroxylation is 1. The van der Waals surface area contributed by atoms with Crippen LogP contribution in [0, 0.1) is 6.92 Å². The summed E-state index contributed by atoms with van der Waals surface area (Å²) in [5.41, 5.74) is 2.11. The summed E-state index contributed by atoms with van der Waals surface area (Å²) in [4.78, 5) is 11.3. The minimum Gasteiger partial charge on any atom is -0.491 e. The molecule has 0 aliphatic heterocycles. The maximum Gasteiger partial charge on any atom is 0.306 e. The molecule has 0 heterocycles. The third-order valence-electron chi connectivity index (χ3n) is 3.19. The summed E-state index contributed by atoms with van der Waals surface area (Å²) in [6, 6.07) is 5.91. The van der Waals surface area contributed by atoms with Crippen LogP contribution in [0.5, 0.6) is 5.75 Å². The summed E-state index contributed by atoms with van der Waals surface area (Å²) in [6.07, 6.45) is 1.37. The zero-order chi connectivity index (χ0) is 14.4. The minimum atomic E-state index is -0.218. The number of carbonyl (C=O) groups is 1. The van der Waals surface area contributed by atoms with Crippen LogP contribution in [0.3, 0.4) is 0 Å². The van der Waals surface area contributed by atoms with Crippen molar-refractivity contribution in [2.24, 2.45) is 0 Å². The van der Waals surface area contributed by atoms with Crippen molar-refractivity contribution in [3.05, 3.63) is 29.3 Å². The highest BCUT2D eigenvalue weighted by atomic mass is 16.5. The molecule has 2 unspecified atom stereocenters. The van der Waals surface area contributed by atoms with E-state index in [1.165, 1.54) is 0 Å². The van der Waals surface area contributed by atoms with Gasteiger partial charge in [0, 0.05) is 6.42 Å². The van der Waals surface area contributed by atoms with Gasteiger partial charge in [0.25, 0.3) is 0 Å². The van der Waals surface area contributed by atoms with E-state index < -0.39 is 0 Å². The number of ether oxygens (including phenoxy) is 2. The van der Waals surface area contributed by atoms with Crippen LogP contribution < -0.4 is 4.74 Å². The lowest BCUT2D eigenvalue weighted by molar-refractivity contribution is -0.148. The standard InChI is InChI=1S/C16H24O3/c1-6-12(4)18-14-8-9-15(11(3)10-14)13(5)19-16(17)7-2/h8-10,12-13H,6-7H2,1-5H3. The molecule has 19 heavy (non-hydrogen) atoms. The number of hydrogen-bond donors (Lipinski definition) is 0. The fraction of sp³-hybridized carbons (Fsp3) is 0.562. The van der Waals surface area contributed by atoms with Gasteiger partial charge in [-0.2, -0.15) is 0 Å². The van der Waals surface area contributed by atoms with Crippen LogP contribution >= 0.6 is 0 Å². The van der Waals surface area contributed by atoms with E-state index in [0.717, 1.165) is 23.3 Å². The topological polar surface area (TPSA) is 35.5 Å². The summed E-state index contributed by atoms with van der Waals surface area (Å²) >= 11 is 0. The Morgan fingerprint density at radius 1 is 1.26 bits per heavy atom. The van der Waals surface area contributed by atoms with Crippen molar-refractivity contribution >= 4 is 5.97 Å². The molecule has 0 aromatic heterocycles. The van der Waals surface area contributed by atoms with E-state index in [-0.39, 0.29) is 18.2 Å². The quantitative estimate of drug-likeness (QED) is 0.723.